The zero-order valence-corrected chi connectivity index (χ0v) is 6.03. The number of rotatable bonds is 1. The molecule has 1 heterocycles. The van der Waals surface area contributed by atoms with Gasteiger partial charge >= 0.3 is 58.0 Å². The van der Waals surface area contributed by atoms with Gasteiger partial charge in [-0.25, -0.2) is 0 Å². The average molecular weight is 138 g/mol. The summed E-state index contributed by atoms with van der Waals surface area (Å²) >= 11 is 1.46. The standard InChI is InChI=1S/C5H7BN2S/c1-3-4(6-2)9-5(7)8-3/h2H2,1H3,(H2,7,8). The molecular weight excluding hydrogens is 131 g/mol. The number of hydrogen-bond donors (Lipinski definition) is 1. The van der Waals surface area contributed by atoms with Crippen molar-refractivity contribution in [3.8, 4) is 0 Å². The van der Waals surface area contributed by atoms with Gasteiger partial charge in [0.1, 0.15) is 0 Å². The predicted molar refractivity (Wildman–Crippen MR) is 43.8 cm³/mol. The third kappa shape index (κ3) is 1.19. The first-order valence-electron chi connectivity index (χ1n) is 2.59. The van der Waals surface area contributed by atoms with Gasteiger partial charge in [-0.05, 0) is 0 Å². The molecule has 0 fully saturated rings. The van der Waals surface area contributed by atoms with Crippen molar-refractivity contribution < 1.29 is 0 Å². The summed E-state index contributed by atoms with van der Waals surface area (Å²) in [5.41, 5.74) is 6.38. The summed E-state index contributed by atoms with van der Waals surface area (Å²) in [5, 5.41) is 0.613. The second-order valence-electron chi connectivity index (χ2n) is 1.71. The van der Waals surface area contributed by atoms with E-state index in [9.17, 15) is 0 Å². The normalized spacial score (nSPS) is 9.00. The topological polar surface area (TPSA) is 38.9 Å². The maximum absolute atomic E-state index is 5.41. The second-order valence-corrected chi connectivity index (χ2v) is 2.77. The quantitative estimate of drug-likeness (QED) is 0.545. The summed E-state index contributed by atoms with van der Waals surface area (Å²) in [4.78, 5) is 4.01. The van der Waals surface area contributed by atoms with Gasteiger partial charge in [0.25, 0.3) is 0 Å². The van der Waals surface area contributed by atoms with Gasteiger partial charge in [-0.1, -0.05) is 0 Å². The van der Waals surface area contributed by atoms with Gasteiger partial charge in [-0.2, -0.15) is 0 Å². The van der Waals surface area contributed by atoms with Gasteiger partial charge in [0.15, 0.2) is 0 Å². The Hall–Kier alpha value is -0.635. The summed E-state index contributed by atoms with van der Waals surface area (Å²) in [6.07, 6.45) is 0. The molecule has 1 aromatic heterocycles. The number of nitrogen functional groups attached to an aromatic ring is 1. The van der Waals surface area contributed by atoms with E-state index in [0.29, 0.717) is 5.13 Å². The fourth-order valence-corrected chi connectivity index (χ4v) is 1.30. The minimum atomic E-state index is 0.613. The molecule has 0 radical (unpaired) electrons. The van der Waals surface area contributed by atoms with Crippen LogP contribution in [0, 0.1) is 6.92 Å². The van der Waals surface area contributed by atoms with Crippen molar-refractivity contribution in [2.45, 2.75) is 6.92 Å². The van der Waals surface area contributed by atoms with E-state index in [1.165, 1.54) is 11.3 Å². The summed E-state index contributed by atoms with van der Waals surface area (Å²) in [6.45, 7) is 7.31. The van der Waals surface area contributed by atoms with Crippen LogP contribution in [-0.2, 0) is 0 Å². The number of nitrogens with zero attached hydrogens (tertiary/aromatic N) is 1. The Balaban J connectivity index is 3.15. The van der Waals surface area contributed by atoms with E-state index in [0.717, 1.165) is 10.5 Å². The Bertz CT molecular complexity index is 231. The summed E-state index contributed by atoms with van der Waals surface area (Å²) in [7, 11) is 0. The van der Waals surface area contributed by atoms with E-state index < -0.39 is 0 Å². The molecule has 0 atom stereocenters. The third-order valence-corrected chi connectivity index (χ3v) is 2.02. The summed E-state index contributed by atoms with van der Waals surface area (Å²) in [6, 6.07) is 0. The zero-order valence-electron chi connectivity index (χ0n) is 5.22. The molecule has 46 valence electrons. The molecule has 1 rings (SSSR count). The molecule has 0 aliphatic heterocycles. The van der Waals surface area contributed by atoms with Crippen LogP contribution in [0.3, 0.4) is 0 Å². The predicted octanol–water partition coefficient (Wildman–Crippen LogP) is -0.205. The van der Waals surface area contributed by atoms with Crippen LogP contribution in [0.1, 0.15) is 5.69 Å². The van der Waals surface area contributed by atoms with Gasteiger partial charge < -0.3 is 0 Å². The number of aryl methyl sites for hydroxylation is 1. The zero-order chi connectivity index (χ0) is 6.85. The first-order chi connectivity index (χ1) is 4.24. The van der Waals surface area contributed by atoms with Gasteiger partial charge in [0.05, 0.1) is 0 Å². The molecule has 0 saturated heterocycles. The SMILES string of the molecule is C=Bc1sc(N)nc1C. The molecule has 0 saturated carbocycles. The van der Waals surface area contributed by atoms with Crippen molar-refractivity contribution in [2.75, 3.05) is 5.73 Å². The van der Waals surface area contributed by atoms with Gasteiger partial charge in [-0.15, -0.1) is 0 Å². The summed E-state index contributed by atoms with van der Waals surface area (Å²) < 4.78 is 1.06. The fourth-order valence-electron chi connectivity index (χ4n) is 0.619. The second kappa shape index (κ2) is 2.31. The number of aromatic nitrogens is 1. The van der Waals surface area contributed by atoms with Crippen LogP contribution in [0.2, 0.25) is 0 Å². The van der Waals surface area contributed by atoms with Crippen LogP contribution in [0.15, 0.2) is 0 Å². The van der Waals surface area contributed by atoms with Crippen molar-refractivity contribution >= 4 is 34.6 Å². The van der Waals surface area contributed by atoms with Crippen molar-refractivity contribution in [1.29, 1.82) is 0 Å². The Kier molecular flexibility index (Phi) is 1.66. The Labute approximate surface area is 58.6 Å². The average Bonchev–Trinajstić information content (AvgIpc) is 2.10. The molecule has 0 spiro atoms. The van der Waals surface area contributed by atoms with Gasteiger partial charge in [0, 0.05) is 0 Å². The molecule has 0 aromatic carbocycles. The third-order valence-electron chi connectivity index (χ3n) is 1.03. The van der Waals surface area contributed by atoms with Gasteiger partial charge in [-0.3, -0.25) is 0 Å². The molecular formula is C5H7BN2S. The van der Waals surface area contributed by atoms with E-state index in [1.54, 1.807) is 6.92 Å². The van der Waals surface area contributed by atoms with E-state index in [4.69, 9.17) is 5.73 Å². The Morgan fingerprint density at radius 2 is 2.44 bits per heavy atom. The molecule has 0 unspecified atom stereocenters. The summed E-state index contributed by atoms with van der Waals surface area (Å²) in [5.74, 6) is 0. The van der Waals surface area contributed by atoms with Crippen molar-refractivity contribution in [2.24, 2.45) is 0 Å². The molecule has 0 amide bonds. The first-order valence-corrected chi connectivity index (χ1v) is 3.41. The Morgan fingerprint density at radius 3 is 2.67 bits per heavy atom. The monoisotopic (exact) mass is 138 g/mol. The number of anilines is 1. The van der Waals surface area contributed by atoms with E-state index in [2.05, 4.69) is 11.5 Å². The molecule has 1 aromatic rings. The Morgan fingerprint density at radius 1 is 1.78 bits per heavy atom. The van der Waals surface area contributed by atoms with E-state index in [1.807, 2.05) is 6.92 Å². The maximum atomic E-state index is 5.41. The van der Waals surface area contributed by atoms with Crippen molar-refractivity contribution in [1.82, 2.24) is 4.98 Å². The van der Waals surface area contributed by atoms with E-state index >= 15 is 0 Å². The van der Waals surface area contributed by atoms with Crippen LogP contribution in [0.5, 0.6) is 0 Å². The molecule has 2 nitrogen and oxygen atoms in total. The molecule has 0 bridgehead atoms. The molecule has 2 N–H and O–H groups in total. The molecule has 0 aliphatic carbocycles. The number of thiazole rings is 1. The van der Waals surface area contributed by atoms with Crippen molar-refractivity contribution in [3.05, 3.63) is 5.69 Å². The van der Waals surface area contributed by atoms with Gasteiger partial charge in [0.2, 0.25) is 0 Å². The molecule has 9 heavy (non-hydrogen) atoms. The fraction of sp³-hybridized carbons (Fsp3) is 0.200. The molecule has 4 heteroatoms. The number of hydrogen-bond acceptors (Lipinski definition) is 3. The van der Waals surface area contributed by atoms with Crippen LogP contribution >= 0.6 is 11.3 Å². The minimum absolute atomic E-state index is 0.613. The van der Waals surface area contributed by atoms with Crippen LogP contribution < -0.4 is 10.5 Å². The number of nitrogens with two attached hydrogens (primary N) is 1. The van der Waals surface area contributed by atoms with E-state index in [-0.39, 0.29) is 0 Å². The van der Waals surface area contributed by atoms with Crippen LogP contribution in [0.25, 0.3) is 0 Å². The first kappa shape index (κ1) is 6.48. The molecule has 0 aliphatic rings. The van der Waals surface area contributed by atoms with Crippen LogP contribution in [-0.4, -0.2) is 18.4 Å². The van der Waals surface area contributed by atoms with Crippen LogP contribution in [0.4, 0.5) is 5.13 Å². The van der Waals surface area contributed by atoms with Crippen molar-refractivity contribution in [3.63, 3.8) is 0 Å².